The molecule has 0 aliphatic heterocycles. The third-order valence-electron chi connectivity index (χ3n) is 2.36. The van der Waals surface area contributed by atoms with Gasteiger partial charge < -0.3 is 4.90 Å². The van der Waals surface area contributed by atoms with Crippen LogP contribution in [-0.4, -0.2) is 36.3 Å². The molecule has 18 heavy (non-hydrogen) atoms. The number of nitrogens with zero attached hydrogens (tertiary/aromatic N) is 1. The van der Waals surface area contributed by atoms with Gasteiger partial charge in [0.1, 0.15) is 0 Å². The molecule has 0 spiro atoms. The van der Waals surface area contributed by atoms with Crippen molar-refractivity contribution in [3.63, 3.8) is 0 Å². The molecule has 3 nitrogen and oxygen atoms in total. The van der Waals surface area contributed by atoms with Crippen molar-refractivity contribution >= 4 is 46.0 Å². The monoisotopic (exact) mass is 305 g/mol. The van der Waals surface area contributed by atoms with Crippen LogP contribution in [0.25, 0.3) is 0 Å². The van der Waals surface area contributed by atoms with E-state index in [2.05, 4.69) is 0 Å². The lowest BCUT2D eigenvalue weighted by Crippen LogP contribution is -2.22. The molecule has 0 heterocycles. The van der Waals surface area contributed by atoms with Crippen LogP contribution in [0.4, 0.5) is 0 Å². The lowest BCUT2D eigenvalue weighted by molar-refractivity contribution is -0.110. The summed E-state index contributed by atoms with van der Waals surface area (Å²) in [6, 6.07) is 3.26. The van der Waals surface area contributed by atoms with Gasteiger partial charge in [0, 0.05) is 20.5 Å². The predicted molar refractivity (Wildman–Crippen MR) is 76.7 cm³/mol. The molecular weight excluding hydrogens is 293 g/mol. The summed E-state index contributed by atoms with van der Waals surface area (Å²) in [7, 11) is 3.27. The van der Waals surface area contributed by atoms with Crippen molar-refractivity contribution in [2.45, 2.75) is 6.42 Å². The molecule has 1 amide bonds. The zero-order valence-electron chi connectivity index (χ0n) is 10.3. The van der Waals surface area contributed by atoms with E-state index in [1.807, 2.05) is 0 Å². The Morgan fingerprint density at radius 1 is 1.22 bits per heavy atom. The first-order valence-electron chi connectivity index (χ1n) is 5.13. The molecule has 1 aromatic rings. The molecule has 0 N–H and O–H groups in total. The van der Waals surface area contributed by atoms with Crippen LogP contribution in [0.1, 0.15) is 15.9 Å². The van der Waals surface area contributed by atoms with Gasteiger partial charge in [-0.15, -0.1) is 0 Å². The van der Waals surface area contributed by atoms with Crippen LogP contribution in [0.3, 0.4) is 0 Å². The molecule has 0 bridgehead atoms. The van der Waals surface area contributed by atoms with Gasteiger partial charge >= 0.3 is 0 Å². The average Bonchev–Trinajstić information content (AvgIpc) is 2.34. The summed E-state index contributed by atoms with van der Waals surface area (Å²) in [4.78, 5) is 24.6. The summed E-state index contributed by atoms with van der Waals surface area (Å²) in [6.07, 6.45) is 1.91. The second-order valence-corrected chi connectivity index (χ2v) is 5.47. The van der Waals surface area contributed by atoms with E-state index in [9.17, 15) is 9.59 Å². The minimum Gasteiger partial charge on any atom is -0.345 e. The standard InChI is InChI=1S/C12H13Cl2NO2S/c1-15(2)12(17)8-5-4-7(6-9(16)18-3)10(13)11(8)14/h4-5H,6H2,1-3H3. The van der Waals surface area contributed by atoms with Gasteiger partial charge in [0.2, 0.25) is 0 Å². The lowest BCUT2D eigenvalue weighted by Gasteiger charge is -2.13. The zero-order chi connectivity index (χ0) is 13.9. The number of carbonyl (C=O) groups is 2. The Morgan fingerprint density at radius 3 is 2.33 bits per heavy atom. The molecule has 0 aromatic heterocycles. The number of carbonyl (C=O) groups excluding carboxylic acids is 2. The Kier molecular flexibility index (Phi) is 5.50. The minimum absolute atomic E-state index is 0.000322. The first-order valence-corrected chi connectivity index (χ1v) is 7.12. The van der Waals surface area contributed by atoms with Crippen LogP contribution in [0.15, 0.2) is 12.1 Å². The predicted octanol–water partition coefficient (Wildman–Crippen LogP) is 3.13. The third-order valence-corrected chi connectivity index (χ3v) is 3.88. The maximum Gasteiger partial charge on any atom is 0.254 e. The van der Waals surface area contributed by atoms with Crippen molar-refractivity contribution in [3.8, 4) is 0 Å². The van der Waals surface area contributed by atoms with Gasteiger partial charge in [-0.2, -0.15) is 0 Å². The van der Waals surface area contributed by atoms with Gasteiger partial charge in [0.05, 0.1) is 15.6 Å². The Hall–Kier alpha value is -0.710. The first-order chi connectivity index (χ1) is 8.38. The number of rotatable bonds is 3. The highest BCUT2D eigenvalue weighted by Gasteiger charge is 2.18. The second-order valence-electron chi connectivity index (χ2n) is 3.85. The molecule has 98 valence electrons. The first kappa shape index (κ1) is 15.3. The normalized spacial score (nSPS) is 10.3. The van der Waals surface area contributed by atoms with E-state index < -0.39 is 0 Å². The fourth-order valence-corrected chi connectivity index (χ4v) is 2.16. The van der Waals surface area contributed by atoms with Gasteiger partial charge in [0.15, 0.2) is 5.12 Å². The van der Waals surface area contributed by atoms with Crippen molar-refractivity contribution in [1.82, 2.24) is 4.90 Å². The Balaban J connectivity index is 3.13. The number of amides is 1. The van der Waals surface area contributed by atoms with Crippen LogP contribution in [0.5, 0.6) is 0 Å². The summed E-state index contributed by atoms with van der Waals surface area (Å²) >= 11 is 13.3. The van der Waals surface area contributed by atoms with Crippen molar-refractivity contribution in [2.24, 2.45) is 0 Å². The molecule has 0 aliphatic rings. The minimum atomic E-state index is -0.218. The second kappa shape index (κ2) is 6.45. The van der Waals surface area contributed by atoms with E-state index in [4.69, 9.17) is 23.2 Å². The fraction of sp³-hybridized carbons (Fsp3) is 0.333. The Bertz CT molecular complexity index is 489. The average molecular weight is 306 g/mol. The lowest BCUT2D eigenvalue weighted by atomic mass is 10.1. The molecule has 6 heteroatoms. The largest absolute Gasteiger partial charge is 0.345 e. The van der Waals surface area contributed by atoms with Crippen LogP contribution < -0.4 is 0 Å². The van der Waals surface area contributed by atoms with Crippen molar-refractivity contribution in [2.75, 3.05) is 20.4 Å². The van der Waals surface area contributed by atoms with Crippen LogP contribution in [0, 0.1) is 0 Å². The molecule has 0 unspecified atom stereocenters. The molecule has 0 fully saturated rings. The van der Waals surface area contributed by atoms with E-state index in [0.717, 1.165) is 11.8 Å². The van der Waals surface area contributed by atoms with Gasteiger partial charge in [-0.3, -0.25) is 9.59 Å². The summed E-state index contributed by atoms with van der Waals surface area (Å²) in [5, 5.41) is 0.466. The van der Waals surface area contributed by atoms with Gasteiger partial charge in [-0.25, -0.2) is 0 Å². The molecular formula is C12H13Cl2NO2S. The van der Waals surface area contributed by atoms with Gasteiger partial charge in [-0.1, -0.05) is 41.0 Å². The molecule has 1 rings (SSSR count). The highest BCUT2D eigenvalue weighted by molar-refractivity contribution is 8.13. The molecule has 1 aromatic carbocycles. The van der Waals surface area contributed by atoms with Crippen LogP contribution in [-0.2, 0) is 11.2 Å². The van der Waals surface area contributed by atoms with Crippen LogP contribution in [0.2, 0.25) is 10.0 Å². The van der Waals surface area contributed by atoms with E-state index in [0.29, 0.717) is 11.1 Å². The van der Waals surface area contributed by atoms with Crippen molar-refractivity contribution < 1.29 is 9.59 Å². The van der Waals surface area contributed by atoms with E-state index in [1.165, 1.54) is 4.90 Å². The van der Waals surface area contributed by atoms with Gasteiger partial charge in [-0.05, 0) is 17.9 Å². The number of hydrogen-bond donors (Lipinski definition) is 0. The maximum absolute atomic E-state index is 11.8. The van der Waals surface area contributed by atoms with E-state index in [1.54, 1.807) is 32.5 Å². The SMILES string of the molecule is CSC(=O)Cc1ccc(C(=O)N(C)C)c(Cl)c1Cl. The Labute approximate surface area is 120 Å². The highest BCUT2D eigenvalue weighted by Crippen LogP contribution is 2.31. The number of benzene rings is 1. The summed E-state index contributed by atoms with van der Waals surface area (Å²) in [5.41, 5.74) is 0.975. The zero-order valence-corrected chi connectivity index (χ0v) is 12.6. The van der Waals surface area contributed by atoms with Crippen LogP contribution >= 0.6 is 35.0 Å². The fourth-order valence-electron chi connectivity index (χ4n) is 1.36. The van der Waals surface area contributed by atoms with E-state index >= 15 is 0 Å². The number of thioether (sulfide) groups is 1. The molecule has 0 radical (unpaired) electrons. The summed E-state index contributed by atoms with van der Waals surface area (Å²) in [6.45, 7) is 0. The molecule has 0 saturated carbocycles. The Morgan fingerprint density at radius 2 is 1.83 bits per heavy atom. The third kappa shape index (κ3) is 3.40. The smallest absolute Gasteiger partial charge is 0.254 e. The van der Waals surface area contributed by atoms with Crippen molar-refractivity contribution in [3.05, 3.63) is 33.3 Å². The van der Waals surface area contributed by atoms with Crippen molar-refractivity contribution in [1.29, 1.82) is 0 Å². The highest BCUT2D eigenvalue weighted by atomic mass is 35.5. The number of hydrogen-bond acceptors (Lipinski definition) is 3. The molecule has 0 saturated heterocycles. The van der Waals surface area contributed by atoms with E-state index in [-0.39, 0.29) is 27.5 Å². The summed E-state index contributed by atoms with van der Waals surface area (Å²) in [5.74, 6) is -0.218. The molecule has 0 atom stereocenters. The topological polar surface area (TPSA) is 37.4 Å². The summed E-state index contributed by atoms with van der Waals surface area (Å²) < 4.78 is 0. The van der Waals surface area contributed by atoms with Gasteiger partial charge in [0.25, 0.3) is 5.91 Å². The molecule has 0 aliphatic carbocycles. The number of halogens is 2. The quantitative estimate of drug-likeness (QED) is 0.861. The maximum atomic E-state index is 11.8.